The molecule has 0 aromatic heterocycles. The number of rotatable bonds is 9. The van der Waals surface area contributed by atoms with Crippen LogP contribution in [0.4, 0.5) is 0 Å². The van der Waals surface area contributed by atoms with Crippen LogP contribution in [0.2, 0.25) is 0 Å². The van der Waals surface area contributed by atoms with Crippen molar-refractivity contribution in [2.45, 2.75) is 31.2 Å². The van der Waals surface area contributed by atoms with Gasteiger partial charge in [-0.05, 0) is 36.8 Å². The number of benzene rings is 2. The second-order valence-electron chi connectivity index (χ2n) is 6.21. The number of amides is 1. The number of carbonyl (C=O) groups is 1. The van der Waals surface area contributed by atoms with Gasteiger partial charge in [0.25, 0.3) is 5.91 Å². The molecule has 1 amide bonds. The molecule has 2 aromatic rings. The molecule has 0 saturated carbocycles. The number of hydrogen-bond donors (Lipinski definition) is 1. The summed E-state index contributed by atoms with van der Waals surface area (Å²) in [7, 11) is -0.607. The summed E-state index contributed by atoms with van der Waals surface area (Å²) in [6, 6.07) is 13.3. The molecule has 1 N–H and O–H groups in total. The smallest absolute Gasteiger partial charge is 0.251 e. The first-order valence-electron chi connectivity index (χ1n) is 8.86. The molecular weight excluding hydrogens is 364 g/mol. The maximum Gasteiger partial charge on any atom is 0.251 e. The zero-order valence-corrected chi connectivity index (χ0v) is 16.8. The van der Waals surface area contributed by atoms with Crippen molar-refractivity contribution in [1.82, 2.24) is 9.62 Å². The van der Waals surface area contributed by atoms with E-state index in [4.69, 9.17) is 4.74 Å². The number of nitrogens with zero attached hydrogens (tertiary/aromatic N) is 1. The van der Waals surface area contributed by atoms with Crippen LogP contribution in [0.5, 0.6) is 5.75 Å². The molecule has 0 aliphatic carbocycles. The summed E-state index contributed by atoms with van der Waals surface area (Å²) >= 11 is 0. The summed E-state index contributed by atoms with van der Waals surface area (Å²) in [5.74, 6) is 0.358. The van der Waals surface area contributed by atoms with Gasteiger partial charge in [0, 0.05) is 31.3 Å². The van der Waals surface area contributed by atoms with Gasteiger partial charge >= 0.3 is 0 Å². The van der Waals surface area contributed by atoms with E-state index in [9.17, 15) is 13.2 Å². The summed E-state index contributed by atoms with van der Waals surface area (Å²) < 4.78 is 32.1. The molecule has 2 aromatic carbocycles. The van der Waals surface area contributed by atoms with Crippen molar-refractivity contribution in [3.63, 3.8) is 0 Å². The minimum absolute atomic E-state index is 0.0937. The number of sulfonamides is 1. The van der Waals surface area contributed by atoms with Crippen LogP contribution in [-0.2, 0) is 16.6 Å². The molecule has 0 spiro atoms. The van der Waals surface area contributed by atoms with E-state index in [2.05, 4.69) is 12.2 Å². The van der Waals surface area contributed by atoms with Gasteiger partial charge < -0.3 is 10.1 Å². The summed E-state index contributed by atoms with van der Waals surface area (Å²) in [6.45, 7) is 2.76. The highest BCUT2D eigenvalue weighted by molar-refractivity contribution is 7.89. The fourth-order valence-electron chi connectivity index (χ4n) is 2.62. The van der Waals surface area contributed by atoms with Gasteiger partial charge in [0.2, 0.25) is 10.0 Å². The quantitative estimate of drug-likeness (QED) is 0.668. The topological polar surface area (TPSA) is 75.7 Å². The van der Waals surface area contributed by atoms with Gasteiger partial charge in [0.15, 0.2) is 0 Å². The van der Waals surface area contributed by atoms with Crippen LogP contribution in [0.3, 0.4) is 0 Å². The fraction of sp³-hybridized carbons (Fsp3) is 0.350. The molecule has 0 unspecified atom stereocenters. The molecule has 7 heteroatoms. The third-order valence-corrected chi connectivity index (χ3v) is 6.02. The molecular formula is C20H26N2O4S. The van der Waals surface area contributed by atoms with E-state index < -0.39 is 10.0 Å². The molecule has 0 aliphatic heterocycles. The van der Waals surface area contributed by atoms with Gasteiger partial charge in [-0.1, -0.05) is 31.5 Å². The molecule has 0 radical (unpaired) electrons. The van der Waals surface area contributed by atoms with E-state index in [1.807, 2.05) is 0 Å². The fourth-order valence-corrected chi connectivity index (χ4v) is 3.79. The van der Waals surface area contributed by atoms with Crippen molar-refractivity contribution in [3.05, 3.63) is 59.7 Å². The zero-order valence-electron chi connectivity index (χ0n) is 15.9. The minimum atomic E-state index is -3.64. The van der Waals surface area contributed by atoms with E-state index in [-0.39, 0.29) is 17.3 Å². The average molecular weight is 391 g/mol. The Bertz CT molecular complexity index is 867. The van der Waals surface area contributed by atoms with E-state index in [1.54, 1.807) is 48.5 Å². The summed E-state index contributed by atoms with van der Waals surface area (Å²) in [5, 5.41) is 2.86. The Labute approximate surface area is 161 Å². The first-order chi connectivity index (χ1) is 12.9. The SMILES string of the molecule is CCCCNC(=O)c1ccc(OC)c(CN(C)S(=O)(=O)c2ccccc2)c1. The van der Waals surface area contributed by atoms with Gasteiger partial charge in [0.1, 0.15) is 5.75 Å². The Balaban J connectivity index is 2.23. The van der Waals surface area contributed by atoms with Gasteiger partial charge in [-0.3, -0.25) is 4.79 Å². The van der Waals surface area contributed by atoms with Crippen LogP contribution in [0.25, 0.3) is 0 Å². The van der Waals surface area contributed by atoms with Crippen LogP contribution in [0.15, 0.2) is 53.4 Å². The van der Waals surface area contributed by atoms with Gasteiger partial charge in [-0.2, -0.15) is 4.31 Å². The number of unbranched alkanes of at least 4 members (excludes halogenated alkanes) is 1. The third-order valence-electron chi connectivity index (χ3n) is 4.20. The molecule has 146 valence electrons. The lowest BCUT2D eigenvalue weighted by Crippen LogP contribution is -2.27. The lowest BCUT2D eigenvalue weighted by atomic mass is 10.1. The van der Waals surface area contributed by atoms with Crippen molar-refractivity contribution < 1.29 is 17.9 Å². The highest BCUT2D eigenvalue weighted by Crippen LogP contribution is 2.24. The van der Waals surface area contributed by atoms with Gasteiger partial charge in [-0.15, -0.1) is 0 Å². The van der Waals surface area contributed by atoms with E-state index >= 15 is 0 Å². The molecule has 0 fully saturated rings. The summed E-state index contributed by atoms with van der Waals surface area (Å²) in [4.78, 5) is 12.5. The third kappa shape index (κ3) is 5.30. The standard InChI is InChI=1S/C20H26N2O4S/c1-4-5-13-21-20(23)16-11-12-19(26-3)17(14-16)15-22(2)27(24,25)18-9-7-6-8-10-18/h6-12,14H,4-5,13,15H2,1-3H3,(H,21,23). The number of methoxy groups -OCH3 is 1. The van der Waals surface area contributed by atoms with Crippen molar-refractivity contribution in [2.24, 2.45) is 0 Å². The number of carbonyl (C=O) groups excluding carboxylic acids is 1. The van der Waals surface area contributed by atoms with Crippen molar-refractivity contribution in [1.29, 1.82) is 0 Å². The molecule has 2 rings (SSSR count). The normalized spacial score (nSPS) is 11.4. The van der Waals surface area contributed by atoms with Crippen molar-refractivity contribution >= 4 is 15.9 Å². The Morgan fingerprint density at radius 1 is 1.15 bits per heavy atom. The molecule has 0 atom stereocenters. The van der Waals surface area contributed by atoms with Gasteiger partial charge in [0.05, 0.1) is 12.0 Å². The molecule has 27 heavy (non-hydrogen) atoms. The van der Waals surface area contributed by atoms with E-state index in [1.165, 1.54) is 18.5 Å². The number of nitrogens with one attached hydrogen (secondary N) is 1. The summed E-state index contributed by atoms with van der Waals surface area (Å²) in [6.07, 6.45) is 1.91. The predicted octanol–water partition coefficient (Wildman–Crippen LogP) is 3.05. The lowest BCUT2D eigenvalue weighted by Gasteiger charge is -2.19. The Morgan fingerprint density at radius 2 is 1.85 bits per heavy atom. The largest absolute Gasteiger partial charge is 0.496 e. The lowest BCUT2D eigenvalue weighted by molar-refractivity contribution is 0.0953. The molecule has 0 saturated heterocycles. The first-order valence-corrected chi connectivity index (χ1v) is 10.3. The molecule has 0 bridgehead atoms. The number of hydrogen-bond acceptors (Lipinski definition) is 4. The van der Waals surface area contributed by atoms with Crippen LogP contribution in [0, 0.1) is 0 Å². The predicted molar refractivity (Wildman–Crippen MR) is 105 cm³/mol. The molecule has 0 heterocycles. The van der Waals surface area contributed by atoms with Crippen LogP contribution >= 0.6 is 0 Å². The second-order valence-corrected chi connectivity index (χ2v) is 8.26. The highest BCUT2D eigenvalue weighted by atomic mass is 32.2. The molecule has 0 aliphatic rings. The van der Waals surface area contributed by atoms with Crippen LogP contribution < -0.4 is 10.1 Å². The summed E-state index contributed by atoms with van der Waals surface area (Å²) in [5.41, 5.74) is 1.11. The second kappa shape index (κ2) is 9.53. The number of ether oxygens (including phenoxy) is 1. The Kier molecular flexibility index (Phi) is 7.38. The maximum absolute atomic E-state index is 12.7. The minimum Gasteiger partial charge on any atom is -0.496 e. The maximum atomic E-state index is 12.7. The highest BCUT2D eigenvalue weighted by Gasteiger charge is 2.22. The van der Waals surface area contributed by atoms with Gasteiger partial charge in [-0.25, -0.2) is 8.42 Å². The monoisotopic (exact) mass is 390 g/mol. The average Bonchev–Trinajstić information content (AvgIpc) is 2.68. The zero-order chi connectivity index (χ0) is 19.9. The Morgan fingerprint density at radius 3 is 2.48 bits per heavy atom. The first kappa shape index (κ1) is 20.9. The van der Waals surface area contributed by atoms with Crippen LogP contribution in [-0.4, -0.2) is 39.3 Å². The van der Waals surface area contributed by atoms with E-state index in [0.29, 0.717) is 23.4 Å². The molecule has 6 nitrogen and oxygen atoms in total. The van der Waals surface area contributed by atoms with E-state index in [0.717, 1.165) is 12.8 Å². The van der Waals surface area contributed by atoms with Crippen molar-refractivity contribution in [2.75, 3.05) is 20.7 Å². The van der Waals surface area contributed by atoms with Crippen LogP contribution in [0.1, 0.15) is 35.7 Å². The van der Waals surface area contributed by atoms with Crippen molar-refractivity contribution in [3.8, 4) is 5.75 Å². The Hall–Kier alpha value is -2.38.